The van der Waals surface area contributed by atoms with Gasteiger partial charge in [0.2, 0.25) is 0 Å². The Kier molecular flexibility index (Phi) is 2.04. The van der Waals surface area contributed by atoms with Crippen molar-refractivity contribution in [2.75, 3.05) is 6.54 Å². The summed E-state index contributed by atoms with van der Waals surface area (Å²) < 4.78 is 0. The lowest BCUT2D eigenvalue weighted by Crippen LogP contribution is -2.29. The fourth-order valence-corrected chi connectivity index (χ4v) is 2.24. The second-order valence-corrected chi connectivity index (χ2v) is 4.28. The number of nitrogens with zero attached hydrogens (tertiary/aromatic N) is 1. The van der Waals surface area contributed by atoms with E-state index in [1.807, 2.05) is 12.1 Å². The van der Waals surface area contributed by atoms with Gasteiger partial charge in [-0.15, -0.1) is 0 Å². The van der Waals surface area contributed by atoms with Crippen molar-refractivity contribution in [1.29, 1.82) is 0 Å². The summed E-state index contributed by atoms with van der Waals surface area (Å²) in [5.41, 5.74) is 3.51. The molecule has 1 aliphatic carbocycles. The Morgan fingerprint density at radius 3 is 2.47 bits per heavy atom. The van der Waals surface area contributed by atoms with Crippen LogP contribution in [0.5, 0.6) is 0 Å². The highest BCUT2D eigenvalue weighted by molar-refractivity contribution is 6.11. The first kappa shape index (κ1) is 10.1. The van der Waals surface area contributed by atoms with Crippen LogP contribution < -0.4 is 0 Å². The molecule has 4 nitrogen and oxygen atoms in total. The Labute approximate surface area is 98.2 Å². The topological polar surface area (TPSA) is 57.6 Å². The maximum absolute atomic E-state index is 12.1. The monoisotopic (exact) mass is 229 g/mol. The van der Waals surface area contributed by atoms with E-state index in [4.69, 9.17) is 5.11 Å². The second-order valence-electron chi connectivity index (χ2n) is 4.28. The maximum atomic E-state index is 12.1. The first-order valence-corrected chi connectivity index (χ1v) is 5.53. The molecule has 0 spiro atoms. The molecule has 0 bridgehead atoms. The normalized spacial score (nSPS) is 17.4. The number of carbonyl (C=O) groups is 2. The molecule has 1 amide bonds. The number of benzene rings is 1. The number of aliphatic carboxylic acids is 1. The molecular weight excluding hydrogens is 218 g/mol. The number of allylic oxidation sites excluding steroid dienone is 1. The molecule has 1 saturated carbocycles. The molecule has 0 aromatic heterocycles. The van der Waals surface area contributed by atoms with Crippen molar-refractivity contribution in [2.45, 2.75) is 12.8 Å². The molecule has 0 radical (unpaired) electrons. The van der Waals surface area contributed by atoms with Crippen LogP contribution in [0.2, 0.25) is 0 Å². The molecule has 3 rings (SSSR count). The molecule has 86 valence electrons. The van der Waals surface area contributed by atoms with Crippen LogP contribution >= 0.6 is 0 Å². The molecule has 1 aromatic carbocycles. The number of hydrogen-bond donors (Lipinski definition) is 1. The molecule has 0 saturated heterocycles. The first-order chi connectivity index (χ1) is 8.18. The van der Waals surface area contributed by atoms with Crippen LogP contribution in [-0.4, -0.2) is 28.4 Å². The zero-order chi connectivity index (χ0) is 12.0. The van der Waals surface area contributed by atoms with Crippen molar-refractivity contribution in [3.05, 3.63) is 41.0 Å². The van der Waals surface area contributed by atoms with Crippen molar-refractivity contribution < 1.29 is 14.7 Å². The first-order valence-electron chi connectivity index (χ1n) is 5.53. The van der Waals surface area contributed by atoms with E-state index in [-0.39, 0.29) is 12.5 Å². The minimum atomic E-state index is -0.982. The highest BCUT2D eigenvalue weighted by Gasteiger charge is 2.37. The van der Waals surface area contributed by atoms with Gasteiger partial charge in [0.1, 0.15) is 6.54 Å². The molecule has 1 N–H and O–H groups in total. The van der Waals surface area contributed by atoms with Gasteiger partial charge < -0.3 is 5.11 Å². The summed E-state index contributed by atoms with van der Waals surface area (Å²) in [4.78, 5) is 24.3. The van der Waals surface area contributed by atoms with Gasteiger partial charge in [0, 0.05) is 11.1 Å². The summed E-state index contributed by atoms with van der Waals surface area (Å²) in [6, 6.07) is 7.31. The molecule has 4 heteroatoms. The third kappa shape index (κ3) is 1.53. The number of fused-ring (bicyclic) bond motifs is 1. The number of carboxylic acids is 1. The van der Waals surface area contributed by atoms with Crippen LogP contribution in [0.25, 0.3) is 5.70 Å². The van der Waals surface area contributed by atoms with E-state index >= 15 is 0 Å². The molecule has 1 heterocycles. The molecule has 0 unspecified atom stereocenters. The summed E-state index contributed by atoms with van der Waals surface area (Å²) in [6.07, 6.45) is 1.93. The van der Waals surface area contributed by atoms with Crippen LogP contribution in [0.15, 0.2) is 29.8 Å². The lowest BCUT2D eigenvalue weighted by atomic mass is 10.1. The molecule has 1 aliphatic heterocycles. The highest BCUT2D eigenvalue weighted by Crippen LogP contribution is 2.43. The third-order valence-electron chi connectivity index (χ3n) is 3.06. The fraction of sp³-hybridized carbons (Fsp3) is 0.231. The highest BCUT2D eigenvalue weighted by atomic mass is 16.4. The summed E-state index contributed by atoms with van der Waals surface area (Å²) in [7, 11) is 0. The van der Waals surface area contributed by atoms with Gasteiger partial charge in [-0.1, -0.05) is 18.2 Å². The Morgan fingerprint density at radius 2 is 1.88 bits per heavy atom. The summed E-state index contributed by atoms with van der Waals surface area (Å²) in [5.74, 6) is -1.18. The Hall–Kier alpha value is -2.10. The van der Waals surface area contributed by atoms with Crippen LogP contribution in [0.1, 0.15) is 28.8 Å². The summed E-state index contributed by atoms with van der Waals surface area (Å²) in [5, 5.41) is 8.87. The van der Waals surface area contributed by atoms with E-state index in [2.05, 4.69) is 0 Å². The molecule has 1 fully saturated rings. The molecule has 17 heavy (non-hydrogen) atoms. The van der Waals surface area contributed by atoms with Crippen molar-refractivity contribution >= 4 is 17.6 Å². The van der Waals surface area contributed by atoms with Gasteiger partial charge in [0.25, 0.3) is 5.91 Å². The van der Waals surface area contributed by atoms with Crippen molar-refractivity contribution in [3.8, 4) is 0 Å². The van der Waals surface area contributed by atoms with Crippen LogP contribution in [-0.2, 0) is 4.79 Å². The molecule has 1 aromatic rings. The Balaban J connectivity index is 2.12. The number of carboxylic acid groups (broad SMARTS) is 1. The zero-order valence-electron chi connectivity index (χ0n) is 9.14. The van der Waals surface area contributed by atoms with Crippen LogP contribution in [0.4, 0.5) is 0 Å². The SMILES string of the molecule is O=C(O)CN1C(=O)c2ccccc2C1=C1CC1. The van der Waals surface area contributed by atoms with E-state index in [0.29, 0.717) is 5.56 Å². The third-order valence-corrected chi connectivity index (χ3v) is 3.06. The van der Waals surface area contributed by atoms with E-state index in [9.17, 15) is 9.59 Å². The van der Waals surface area contributed by atoms with Gasteiger partial charge in [-0.05, 0) is 24.5 Å². The molecule has 0 atom stereocenters. The second kappa shape index (κ2) is 3.45. The smallest absolute Gasteiger partial charge is 0.323 e. The van der Waals surface area contributed by atoms with Gasteiger partial charge in [0.15, 0.2) is 0 Å². The van der Waals surface area contributed by atoms with Crippen molar-refractivity contribution in [1.82, 2.24) is 4.90 Å². The quantitative estimate of drug-likeness (QED) is 0.840. The Bertz CT molecular complexity index is 554. The number of carbonyl (C=O) groups excluding carboxylic acids is 1. The lowest BCUT2D eigenvalue weighted by molar-refractivity contribution is -0.137. The summed E-state index contributed by atoms with van der Waals surface area (Å²) in [6.45, 7) is -0.258. The average molecular weight is 229 g/mol. The molecule has 2 aliphatic rings. The van der Waals surface area contributed by atoms with Gasteiger partial charge in [-0.2, -0.15) is 0 Å². The average Bonchev–Trinajstić information content (AvgIpc) is 3.08. The standard InChI is InChI=1S/C13H11NO3/c15-11(16)7-14-12(8-5-6-8)9-3-1-2-4-10(9)13(14)17/h1-4H,5-7H2,(H,15,16). The number of hydrogen-bond acceptors (Lipinski definition) is 2. The zero-order valence-corrected chi connectivity index (χ0v) is 9.14. The van der Waals surface area contributed by atoms with E-state index in [0.717, 1.165) is 24.1 Å². The van der Waals surface area contributed by atoms with Gasteiger partial charge in [-0.25, -0.2) is 0 Å². The van der Waals surface area contributed by atoms with Gasteiger partial charge in [-0.3, -0.25) is 14.5 Å². The maximum Gasteiger partial charge on any atom is 0.323 e. The van der Waals surface area contributed by atoms with Crippen molar-refractivity contribution in [2.24, 2.45) is 0 Å². The fourth-order valence-electron chi connectivity index (χ4n) is 2.24. The van der Waals surface area contributed by atoms with Gasteiger partial charge in [0.05, 0.1) is 5.70 Å². The Morgan fingerprint density at radius 1 is 1.24 bits per heavy atom. The van der Waals surface area contributed by atoms with Crippen LogP contribution in [0.3, 0.4) is 0 Å². The predicted octanol–water partition coefficient (Wildman–Crippen LogP) is 1.73. The van der Waals surface area contributed by atoms with Crippen molar-refractivity contribution in [3.63, 3.8) is 0 Å². The van der Waals surface area contributed by atoms with Crippen LogP contribution in [0, 0.1) is 0 Å². The number of rotatable bonds is 2. The van der Waals surface area contributed by atoms with E-state index in [1.165, 1.54) is 10.5 Å². The lowest BCUT2D eigenvalue weighted by Gasteiger charge is -2.15. The van der Waals surface area contributed by atoms with Gasteiger partial charge >= 0.3 is 5.97 Å². The predicted molar refractivity (Wildman–Crippen MR) is 61.3 cm³/mol. The molecular formula is C13H11NO3. The minimum Gasteiger partial charge on any atom is -0.480 e. The van der Waals surface area contributed by atoms with E-state index < -0.39 is 5.97 Å². The number of amides is 1. The summed E-state index contributed by atoms with van der Waals surface area (Å²) >= 11 is 0. The van der Waals surface area contributed by atoms with E-state index in [1.54, 1.807) is 12.1 Å². The minimum absolute atomic E-state index is 0.197. The largest absolute Gasteiger partial charge is 0.480 e.